The predicted molar refractivity (Wildman–Crippen MR) is 135 cm³/mol. The minimum absolute atomic E-state index is 0.102. The van der Waals surface area contributed by atoms with Crippen molar-refractivity contribution < 1.29 is 14.7 Å². The number of aryl methyl sites for hydroxylation is 2. The second-order valence-corrected chi connectivity index (χ2v) is 9.78. The lowest BCUT2D eigenvalue weighted by atomic mass is 9.86. The maximum atomic E-state index is 13.2. The molecule has 0 spiro atoms. The largest absolute Gasteiger partial charge is 0.465 e. The van der Waals surface area contributed by atoms with Crippen molar-refractivity contribution in [2.24, 2.45) is 7.05 Å². The molecule has 2 amide bonds. The molecule has 5 heterocycles. The van der Waals surface area contributed by atoms with E-state index >= 15 is 0 Å². The molecular weight excluding hydrogens is 456 g/mol. The number of fused-ring (bicyclic) bond motifs is 2. The number of aromatic amines is 1. The number of likely N-dealkylation sites (tertiary alicyclic amines) is 1. The third-order valence-corrected chi connectivity index (χ3v) is 7.53. The smallest absolute Gasteiger partial charge is 0.407 e. The van der Waals surface area contributed by atoms with Crippen LogP contribution in [0.5, 0.6) is 0 Å². The molecule has 1 saturated heterocycles. The van der Waals surface area contributed by atoms with Crippen LogP contribution in [0.15, 0.2) is 42.9 Å². The molecule has 1 unspecified atom stereocenters. The Labute approximate surface area is 208 Å². The van der Waals surface area contributed by atoms with Crippen molar-refractivity contribution in [1.29, 1.82) is 0 Å². The summed E-state index contributed by atoms with van der Waals surface area (Å²) in [7, 11) is 1.80. The van der Waals surface area contributed by atoms with Crippen LogP contribution in [-0.2, 0) is 20.0 Å². The Hall–Kier alpha value is -4.14. The van der Waals surface area contributed by atoms with Crippen molar-refractivity contribution in [3.63, 3.8) is 0 Å². The highest BCUT2D eigenvalue weighted by Crippen LogP contribution is 2.40. The lowest BCUT2D eigenvalue weighted by Crippen LogP contribution is -2.38. The summed E-state index contributed by atoms with van der Waals surface area (Å²) in [6.45, 7) is 3.61. The van der Waals surface area contributed by atoms with Crippen LogP contribution in [0.4, 0.5) is 4.79 Å². The standard InChI is InChI=1S/C27H28N6O3/c1-16-13-28-25-20(16)12-19(14-29-25)18-10-17-5-9-32(26(34)23-6-8-31(2)30-23)15-22(17)21(11-18)24-4-3-7-33(24)27(35)36/h6,8,10-14,24H,3-5,7,9,15H2,1-2H3,(H,28,29)(H,35,36). The highest BCUT2D eigenvalue weighted by atomic mass is 16.4. The van der Waals surface area contributed by atoms with E-state index in [-0.39, 0.29) is 11.9 Å². The molecule has 9 heteroatoms. The highest BCUT2D eigenvalue weighted by molar-refractivity contribution is 5.92. The fourth-order valence-electron chi connectivity index (χ4n) is 5.64. The second kappa shape index (κ2) is 8.51. The molecule has 3 aromatic heterocycles. The van der Waals surface area contributed by atoms with Crippen LogP contribution in [0.2, 0.25) is 0 Å². The van der Waals surface area contributed by atoms with Gasteiger partial charge in [0.15, 0.2) is 0 Å². The Morgan fingerprint density at radius 1 is 1.17 bits per heavy atom. The van der Waals surface area contributed by atoms with Crippen LogP contribution in [0.25, 0.3) is 22.2 Å². The normalized spacial score (nSPS) is 17.6. The molecule has 9 nitrogen and oxygen atoms in total. The summed E-state index contributed by atoms with van der Waals surface area (Å²) in [5, 5.41) is 15.3. The van der Waals surface area contributed by atoms with Crippen LogP contribution >= 0.6 is 0 Å². The van der Waals surface area contributed by atoms with Gasteiger partial charge in [0.1, 0.15) is 11.3 Å². The molecule has 2 aliphatic rings. The van der Waals surface area contributed by atoms with Gasteiger partial charge < -0.3 is 19.9 Å². The third kappa shape index (κ3) is 3.71. The average molecular weight is 485 g/mol. The number of amides is 2. The minimum atomic E-state index is -0.903. The van der Waals surface area contributed by atoms with Gasteiger partial charge in [-0.1, -0.05) is 6.07 Å². The quantitative estimate of drug-likeness (QED) is 0.451. The van der Waals surface area contributed by atoms with Crippen molar-refractivity contribution in [3.05, 3.63) is 70.8 Å². The molecule has 2 N–H and O–H groups in total. The number of hydrogen-bond donors (Lipinski definition) is 2. The van der Waals surface area contributed by atoms with Crippen LogP contribution in [0.3, 0.4) is 0 Å². The minimum Gasteiger partial charge on any atom is -0.465 e. The van der Waals surface area contributed by atoms with Gasteiger partial charge in [0.25, 0.3) is 5.91 Å². The number of hydrogen-bond acceptors (Lipinski definition) is 4. The number of benzene rings is 1. The topological polar surface area (TPSA) is 107 Å². The van der Waals surface area contributed by atoms with Gasteiger partial charge in [0.05, 0.1) is 6.04 Å². The Kier molecular flexibility index (Phi) is 5.28. The van der Waals surface area contributed by atoms with Crippen molar-refractivity contribution in [2.45, 2.75) is 38.8 Å². The van der Waals surface area contributed by atoms with E-state index < -0.39 is 6.09 Å². The summed E-state index contributed by atoms with van der Waals surface area (Å²) >= 11 is 0. The summed E-state index contributed by atoms with van der Waals surface area (Å²) in [5.41, 5.74) is 7.65. The molecule has 1 aromatic carbocycles. The van der Waals surface area contributed by atoms with Crippen molar-refractivity contribution in [2.75, 3.05) is 13.1 Å². The van der Waals surface area contributed by atoms with Gasteiger partial charge >= 0.3 is 6.09 Å². The zero-order valence-electron chi connectivity index (χ0n) is 20.4. The van der Waals surface area contributed by atoms with Gasteiger partial charge in [0.2, 0.25) is 0 Å². The van der Waals surface area contributed by atoms with Crippen LogP contribution in [0, 0.1) is 6.92 Å². The number of H-pyrrole nitrogens is 1. The van der Waals surface area contributed by atoms with E-state index in [4.69, 9.17) is 0 Å². The summed E-state index contributed by atoms with van der Waals surface area (Å²) in [4.78, 5) is 36.4. The Morgan fingerprint density at radius 2 is 2.03 bits per heavy atom. The number of nitrogens with zero attached hydrogens (tertiary/aromatic N) is 5. The summed E-state index contributed by atoms with van der Waals surface area (Å²) in [6, 6.07) is 7.95. The van der Waals surface area contributed by atoms with E-state index in [2.05, 4.69) is 40.2 Å². The first-order valence-corrected chi connectivity index (χ1v) is 12.3. The lowest BCUT2D eigenvalue weighted by molar-refractivity contribution is 0.0725. The average Bonchev–Trinajstić information content (AvgIpc) is 3.63. The van der Waals surface area contributed by atoms with Crippen molar-refractivity contribution in [1.82, 2.24) is 29.5 Å². The molecule has 1 atom stereocenters. The number of aromatic nitrogens is 4. The summed E-state index contributed by atoms with van der Waals surface area (Å²) in [6.07, 6.45) is 6.98. The SMILES string of the molecule is Cc1c[nH]c2ncc(-c3cc4c(c(C5CCCN5C(=O)O)c3)CN(C(=O)c3ccn(C)n3)CC4)cc12. The first kappa shape index (κ1) is 22.3. The fraction of sp³-hybridized carbons (Fsp3) is 0.333. The molecule has 184 valence electrons. The molecule has 0 radical (unpaired) electrons. The molecule has 36 heavy (non-hydrogen) atoms. The van der Waals surface area contributed by atoms with Crippen LogP contribution in [0.1, 0.15) is 51.6 Å². The zero-order chi connectivity index (χ0) is 25.0. The molecule has 0 saturated carbocycles. The Balaban J connectivity index is 1.44. The first-order valence-electron chi connectivity index (χ1n) is 12.3. The molecule has 6 rings (SSSR count). The van der Waals surface area contributed by atoms with E-state index in [9.17, 15) is 14.7 Å². The van der Waals surface area contributed by atoms with Crippen LogP contribution in [-0.4, -0.2) is 59.7 Å². The van der Waals surface area contributed by atoms with Gasteiger partial charge in [-0.3, -0.25) is 9.48 Å². The molecule has 0 bridgehead atoms. The summed E-state index contributed by atoms with van der Waals surface area (Å²) in [5.74, 6) is -0.102. The van der Waals surface area contributed by atoms with Gasteiger partial charge in [-0.2, -0.15) is 5.10 Å². The second-order valence-electron chi connectivity index (χ2n) is 9.78. The van der Waals surface area contributed by atoms with E-state index in [0.29, 0.717) is 31.7 Å². The number of carbonyl (C=O) groups excluding carboxylic acids is 1. The van der Waals surface area contributed by atoms with Gasteiger partial charge in [-0.25, -0.2) is 9.78 Å². The number of carboxylic acid groups (broad SMARTS) is 1. The monoisotopic (exact) mass is 484 g/mol. The van der Waals surface area contributed by atoms with Crippen molar-refractivity contribution >= 4 is 23.0 Å². The summed E-state index contributed by atoms with van der Waals surface area (Å²) < 4.78 is 1.63. The van der Waals surface area contributed by atoms with E-state index in [0.717, 1.165) is 57.3 Å². The number of carbonyl (C=O) groups is 2. The molecule has 0 aliphatic carbocycles. The fourth-order valence-corrected chi connectivity index (χ4v) is 5.64. The highest BCUT2D eigenvalue weighted by Gasteiger charge is 2.34. The van der Waals surface area contributed by atoms with E-state index in [1.807, 2.05) is 17.3 Å². The van der Waals surface area contributed by atoms with Gasteiger partial charge in [-0.05, 0) is 72.2 Å². The molecule has 4 aromatic rings. The number of nitrogens with one attached hydrogen (secondary N) is 1. The molecule has 2 aliphatic heterocycles. The van der Waals surface area contributed by atoms with E-state index in [1.165, 1.54) is 4.90 Å². The van der Waals surface area contributed by atoms with Crippen LogP contribution < -0.4 is 0 Å². The zero-order valence-corrected chi connectivity index (χ0v) is 20.4. The maximum Gasteiger partial charge on any atom is 0.407 e. The van der Waals surface area contributed by atoms with Gasteiger partial charge in [-0.15, -0.1) is 0 Å². The Morgan fingerprint density at radius 3 is 2.81 bits per heavy atom. The number of rotatable bonds is 3. The maximum absolute atomic E-state index is 13.2. The number of pyridine rings is 1. The molecular formula is C27H28N6O3. The third-order valence-electron chi connectivity index (χ3n) is 7.53. The first-order chi connectivity index (χ1) is 17.4. The molecule has 1 fully saturated rings. The van der Waals surface area contributed by atoms with Gasteiger partial charge in [0, 0.05) is 56.2 Å². The van der Waals surface area contributed by atoms with E-state index in [1.54, 1.807) is 24.0 Å². The lowest BCUT2D eigenvalue weighted by Gasteiger charge is -2.33. The van der Waals surface area contributed by atoms with Crippen molar-refractivity contribution in [3.8, 4) is 11.1 Å². The predicted octanol–water partition coefficient (Wildman–Crippen LogP) is 4.29. The Bertz CT molecular complexity index is 1500.